The zero-order valence-corrected chi connectivity index (χ0v) is 16.7. The molecule has 2 aromatic rings. The minimum Gasteiger partial charge on any atom is -0.382 e. The number of carbonyl (C=O) groups excluding carboxylic acids is 1. The first-order valence-electron chi connectivity index (χ1n) is 9.29. The van der Waals surface area contributed by atoms with Gasteiger partial charge in [0.1, 0.15) is 5.15 Å². The molecule has 1 aliphatic rings. The smallest absolute Gasteiger partial charge is 0.333 e. The van der Waals surface area contributed by atoms with Crippen molar-refractivity contribution in [2.75, 3.05) is 19.4 Å². The van der Waals surface area contributed by atoms with E-state index in [0.717, 1.165) is 31.4 Å². The number of nitrogens with one attached hydrogen (secondary N) is 1. The van der Waals surface area contributed by atoms with Crippen LogP contribution in [-0.4, -0.2) is 45.7 Å². The van der Waals surface area contributed by atoms with Gasteiger partial charge >= 0.3 is 6.55 Å². The molecule has 1 saturated carbocycles. The number of pyridine rings is 1. The summed E-state index contributed by atoms with van der Waals surface area (Å²) in [6.45, 7) is -2.69. The maximum Gasteiger partial charge on any atom is 0.333 e. The topological polar surface area (TPSA) is 63.1 Å². The summed E-state index contributed by atoms with van der Waals surface area (Å²) in [6, 6.07) is 3.45. The molecule has 28 heavy (non-hydrogen) atoms. The lowest BCUT2D eigenvalue weighted by Crippen LogP contribution is -2.30. The molecular weight excluding hydrogens is 388 g/mol. The number of carbonyl (C=O) groups is 1. The number of halogens is 3. The molecule has 0 bridgehead atoms. The summed E-state index contributed by atoms with van der Waals surface area (Å²) in [6.07, 6.45) is 7.15. The Balaban J connectivity index is 1.68. The molecule has 0 radical (unpaired) electrons. The van der Waals surface area contributed by atoms with Crippen LogP contribution in [0.3, 0.4) is 0 Å². The highest BCUT2D eigenvalue weighted by Crippen LogP contribution is 2.33. The molecule has 0 atom stereocenters. The Morgan fingerprint density at radius 3 is 2.68 bits per heavy atom. The van der Waals surface area contributed by atoms with Gasteiger partial charge in [0, 0.05) is 50.2 Å². The van der Waals surface area contributed by atoms with Gasteiger partial charge in [0.2, 0.25) is 5.91 Å². The molecule has 6 nitrogen and oxygen atoms in total. The third kappa shape index (κ3) is 4.98. The lowest BCUT2D eigenvalue weighted by molar-refractivity contribution is -0.129. The van der Waals surface area contributed by atoms with Crippen LogP contribution >= 0.6 is 11.6 Å². The van der Waals surface area contributed by atoms with Crippen LogP contribution in [0.15, 0.2) is 24.5 Å². The van der Waals surface area contributed by atoms with Gasteiger partial charge in [-0.25, -0.2) is 9.67 Å². The van der Waals surface area contributed by atoms with Gasteiger partial charge in [-0.1, -0.05) is 11.6 Å². The Bertz CT molecular complexity index is 818. The second kappa shape index (κ2) is 8.86. The minimum atomic E-state index is -2.69. The van der Waals surface area contributed by atoms with Crippen LogP contribution in [0.1, 0.15) is 38.7 Å². The Hall–Kier alpha value is -2.22. The molecule has 9 heteroatoms. The fraction of sp³-hybridized carbons (Fsp3) is 0.526. The summed E-state index contributed by atoms with van der Waals surface area (Å²) in [5, 5.41) is 7.72. The van der Waals surface area contributed by atoms with Gasteiger partial charge in [-0.2, -0.15) is 13.9 Å². The van der Waals surface area contributed by atoms with Crippen molar-refractivity contribution in [3.63, 3.8) is 0 Å². The highest BCUT2D eigenvalue weighted by molar-refractivity contribution is 6.29. The third-order valence-corrected chi connectivity index (χ3v) is 5.33. The summed E-state index contributed by atoms with van der Waals surface area (Å²) >= 11 is 6.05. The van der Waals surface area contributed by atoms with Gasteiger partial charge in [-0.15, -0.1) is 0 Å². The van der Waals surface area contributed by atoms with Crippen molar-refractivity contribution >= 4 is 23.2 Å². The maximum absolute atomic E-state index is 12.8. The Morgan fingerprint density at radius 2 is 2.07 bits per heavy atom. The zero-order chi connectivity index (χ0) is 20.3. The highest BCUT2D eigenvalue weighted by atomic mass is 35.5. The molecule has 1 amide bonds. The van der Waals surface area contributed by atoms with Crippen LogP contribution in [0.2, 0.25) is 5.15 Å². The van der Waals surface area contributed by atoms with Gasteiger partial charge in [0.15, 0.2) is 0 Å². The van der Waals surface area contributed by atoms with E-state index < -0.39 is 6.55 Å². The Labute approximate surface area is 167 Å². The minimum absolute atomic E-state index is 0.161. The van der Waals surface area contributed by atoms with Crippen molar-refractivity contribution in [3.8, 4) is 11.3 Å². The number of hydrogen-bond donors (Lipinski definition) is 1. The summed E-state index contributed by atoms with van der Waals surface area (Å²) in [7, 11) is 3.55. The molecule has 2 heterocycles. The fourth-order valence-electron chi connectivity index (χ4n) is 3.50. The lowest BCUT2D eigenvalue weighted by atomic mass is 9.83. The fourth-order valence-corrected chi connectivity index (χ4v) is 3.66. The predicted octanol–water partition coefficient (Wildman–Crippen LogP) is 4.44. The van der Waals surface area contributed by atoms with Crippen molar-refractivity contribution in [2.45, 2.75) is 44.7 Å². The Morgan fingerprint density at radius 1 is 1.36 bits per heavy atom. The highest BCUT2D eigenvalue weighted by Gasteiger charge is 2.24. The van der Waals surface area contributed by atoms with Crippen LogP contribution in [0.5, 0.6) is 0 Å². The number of amides is 1. The molecular formula is C19H24ClF2N5O. The monoisotopic (exact) mass is 411 g/mol. The number of anilines is 1. The number of hydrogen-bond acceptors (Lipinski definition) is 4. The first kappa shape index (κ1) is 20.5. The van der Waals surface area contributed by atoms with E-state index in [2.05, 4.69) is 15.4 Å². The van der Waals surface area contributed by atoms with E-state index in [4.69, 9.17) is 11.6 Å². The van der Waals surface area contributed by atoms with Crippen LogP contribution < -0.4 is 5.32 Å². The number of alkyl halides is 2. The molecule has 0 aromatic carbocycles. The van der Waals surface area contributed by atoms with E-state index in [1.54, 1.807) is 31.3 Å². The molecule has 1 aliphatic carbocycles. The largest absolute Gasteiger partial charge is 0.382 e. The zero-order valence-electron chi connectivity index (χ0n) is 15.9. The molecule has 2 aromatic heterocycles. The molecule has 152 valence electrons. The lowest BCUT2D eigenvalue weighted by Gasteiger charge is -2.30. The second-order valence-corrected chi connectivity index (χ2v) is 7.75. The summed E-state index contributed by atoms with van der Waals surface area (Å²) in [4.78, 5) is 17.6. The van der Waals surface area contributed by atoms with Crippen molar-refractivity contribution in [1.82, 2.24) is 19.7 Å². The molecule has 0 unspecified atom stereocenters. The average molecular weight is 412 g/mol. The van der Waals surface area contributed by atoms with E-state index in [1.807, 2.05) is 0 Å². The van der Waals surface area contributed by atoms with Gasteiger partial charge in [0.25, 0.3) is 0 Å². The van der Waals surface area contributed by atoms with Crippen LogP contribution in [0, 0.1) is 5.92 Å². The maximum atomic E-state index is 12.8. The van der Waals surface area contributed by atoms with Gasteiger partial charge in [-0.05, 0) is 43.7 Å². The predicted molar refractivity (Wildman–Crippen MR) is 104 cm³/mol. The van der Waals surface area contributed by atoms with Gasteiger partial charge < -0.3 is 10.2 Å². The third-order valence-electron chi connectivity index (χ3n) is 5.12. The van der Waals surface area contributed by atoms with Crippen LogP contribution in [-0.2, 0) is 4.79 Å². The van der Waals surface area contributed by atoms with Crippen molar-refractivity contribution in [1.29, 1.82) is 0 Å². The van der Waals surface area contributed by atoms with Crippen LogP contribution in [0.25, 0.3) is 11.3 Å². The van der Waals surface area contributed by atoms with E-state index in [-0.39, 0.29) is 11.9 Å². The standard InChI is InChI=1S/C19H24ClF2N5O/c1-26(2)18(28)9-12-3-5-13(6-4-12)24-16-10-17(20)23-11-14(16)15-7-8-27(25-15)19(21)22/h7-8,10-13,19H,3-6,9H2,1-2H3,(H,23,24). The first-order valence-corrected chi connectivity index (χ1v) is 9.67. The molecule has 3 rings (SSSR count). The molecule has 0 aliphatic heterocycles. The SMILES string of the molecule is CN(C)C(=O)CC1CCC(Nc2cc(Cl)ncc2-c2ccn(C(F)F)n2)CC1. The van der Waals surface area contributed by atoms with Crippen molar-refractivity contribution in [3.05, 3.63) is 29.7 Å². The average Bonchev–Trinajstić information content (AvgIpc) is 3.13. The molecule has 1 fully saturated rings. The number of rotatable bonds is 6. The molecule has 0 saturated heterocycles. The van der Waals surface area contributed by atoms with Gasteiger partial charge in [0.05, 0.1) is 5.69 Å². The normalized spacial score (nSPS) is 19.6. The van der Waals surface area contributed by atoms with E-state index in [0.29, 0.717) is 33.4 Å². The van der Waals surface area contributed by atoms with E-state index in [9.17, 15) is 13.6 Å². The van der Waals surface area contributed by atoms with E-state index >= 15 is 0 Å². The van der Waals surface area contributed by atoms with Crippen molar-refractivity contribution in [2.24, 2.45) is 5.92 Å². The number of nitrogens with zero attached hydrogens (tertiary/aromatic N) is 4. The van der Waals surface area contributed by atoms with Crippen LogP contribution in [0.4, 0.5) is 14.5 Å². The molecule has 0 spiro atoms. The molecule has 1 N–H and O–H groups in total. The van der Waals surface area contributed by atoms with Crippen molar-refractivity contribution < 1.29 is 13.6 Å². The quantitative estimate of drug-likeness (QED) is 0.713. The van der Waals surface area contributed by atoms with E-state index in [1.165, 1.54) is 12.3 Å². The number of aromatic nitrogens is 3. The summed E-state index contributed by atoms with van der Waals surface area (Å²) in [5.74, 6) is 0.560. The summed E-state index contributed by atoms with van der Waals surface area (Å²) < 4.78 is 26.3. The summed E-state index contributed by atoms with van der Waals surface area (Å²) in [5.41, 5.74) is 1.78. The first-order chi connectivity index (χ1) is 13.3. The van der Waals surface area contributed by atoms with Gasteiger partial charge in [-0.3, -0.25) is 4.79 Å². The Kier molecular flexibility index (Phi) is 6.49. The second-order valence-electron chi connectivity index (χ2n) is 7.37.